The molecule has 1 aliphatic rings. The van der Waals surface area contributed by atoms with Crippen LogP contribution in [0.15, 0.2) is 59.7 Å². The Morgan fingerprint density at radius 2 is 1.89 bits per heavy atom. The normalized spacial score (nSPS) is 15.6. The topological polar surface area (TPSA) is 53.1 Å². The summed E-state index contributed by atoms with van der Waals surface area (Å²) in [6.45, 7) is 13.3. The van der Waals surface area contributed by atoms with Crippen LogP contribution < -0.4 is 10.6 Å². The number of allylic oxidation sites excluding steroid dienone is 4. The van der Waals surface area contributed by atoms with Crippen LogP contribution in [0.3, 0.4) is 0 Å². The first-order valence-electron chi connectivity index (χ1n) is 10.00. The minimum absolute atomic E-state index is 0.755. The Morgan fingerprint density at radius 1 is 1.14 bits per heavy atom. The second kappa shape index (κ2) is 9.51. The lowest BCUT2D eigenvalue weighted by Gasteiger charge is -2.33. The van der Waals surface area contributed by atoms with E-state index < -0.39 is 0 Å². The van der Waals surface area contributed by atoms with Gasteiger partial charge in [-0.1, -0.05) is 23.8 Å². The van der Waals surface area contributed by atoms with E-state index in [4.69, 9.17) is 0 Å². The van der Waals surface area contributed by atoms with E-state index in [1.165, 1.54) is 16.8 Å². The molecule has 0 atom stereocenters. The zero-order valence-electron chi connectivity index (χ0n) is 17.4. The smallest absolute Gasteiger partial charge is 0.0916 e. The van der Waals surface area contributed by atoms with Crippen LogP contribution in [-0.4, -0.2) is 41.0 Å². The molecular formula is C23H31N5. The maximum atomic E-state index is 4.47. The number of benzene rings is 1. The van der Waals surface area contributed by atoms with Crippen molar-refractivity contribution in [3.05, 3.63) is 70.8 Å². The Labute approximate surface area is 168 Å². The van der Waals surface area contributed by atoms with Crippen molar-refractivity contribution < 1.29 is 0 Å². The summed E-state index contributed by atoms with van der Waals surface area (Å²) in [6.07, 6.45) is 10.1. The van der Waals surface area contributed by atoms with E-state index >= 15 is 0 Å². The van der Waals surface area contributed by atoms with Crippen molar-refractivity contribution in [2.45, 2.75) is 34.2 Å². The predicted octanol–water partition coefficient (Wildman–Crippen LogP) is 3.69. The van der Waals surface area contributed by atoms with Crippen molar-refractivity contribution in [2.24, 2.45) is 0 Å². The van der Waals surface area contributed by atoms with Gasteiger partial charge in [0.05, 0.1) is 22.4 Å². The van der Waals surface area contributed by atoms with Gasteiger partial charge in [0, 0.05) is 45.1 Å². The molecule has 5 heteroatoms. The highest BCUT2D eigenvalue weighted by Crippen LogP contribution is 2.19. The Morgan fingerprint density at radius 3 is 2.61 bits per heavy atom. The van der Waals surface area contributed by atoms with Crippen molar-refractivity contribution in [3.63, 3.8) is 0 Å². The Bertz CT molecular complexity index is 900. The van der Waals surface area contributed by atoms with Gasteiger partial charge in [-0.3, -0.25) is 9.97 Å². The molecule has 0 bridgehead atoms. The van der Waals surface area contributed by atoms with Gasteiger partial charge in [-0.25, -0.2) is 0 Å². The summed E-state index contributed by atoms with van der Waals surface area (Å²) in [5, 5.41) is 7.09. The zero-order valence-corrected chi connectivity index (χ0v) is 17.4. The molecule has 28 heavy (non-hydrogen) atoms. The number of piperazine rings is 1. The molecule has 0 radical (unpaired) electrons. The molecule has 2 N–H and O–H groups in total. The van der Waals surface area contributed by atoms with Crippen LogP contribution in [-0.2, 0) is 6.54 Å². The first-order chi connectivity index (χ1) is 13.6. The van der Waals surface area contributed by atoms with Gasteiger partial charge in [0.15, 0.2) is 0 Å². The third kappa shape index (κ3) is 4.98. The molecule has 3 rings (SSSR count). The fourth-order valence-electron chi connectivity index (χ4n) is 3.48. The van der Waals surface area contributed by atoms with Gasteiger partial charge in [0.2, 0.25) is 0 Å². The summed E-state index contributed by atoms with van der Waals surface area (Å²) in [5.74, 6) is 0. The molecule has 0 aliphatic carbocycles. The lowest BCUT2D eigenvalue weighted by Crippen LogP contribution is -2.44. The quantitative estimate of drug-likeness (QED) is 0.752. The molecule has 1 aromatic heterocycles. The van der Waals surface area contributed by atoms with Crippen molar-refractivity contribution in [1.29, 1.82) is 0 Å². The molecule has 1 saturated heterocycles. The van der Waals surface area contributed by atoms with Crippen LogP contribution >= 0.6 is 0 Å². The minimum atomic E-state index is 0.755. The summed E-state index contributed by atoms with van der Waals surface area (Å²) in [6, 6.07) is 4.32. The highest BCUT2D eigenvalue weighted by Gasteiger charge is 2.16. The molecule has 0 saturated carbocycles. The van der Waals surface area contributed by atoms with Crippen molar-refractivity contribution in [2.75, 3.05) is 26.2 Å². The molecular weight excluding hydrogens is 346 g/mol. The van der Waals surface area contributed by atoms with Gasteiger partial charge in [-0.2, -0.15) is 0 Å². The van der Waals surface area contributed by atoms with E-state index in [9.17, 15) is 0 Å². The largest absolute Gasteiger partial charge is 0.380 e. The van der Waals surface area contributed by atoms with Gasteiger partial charge in [0.1, 0.15) is 0 Å². The average Bonchev–Trinajstić information content (AvgIpc) is 2.71. The maximum absolute atomic E-state index is 4.47. The summed E-state index contributed by atoms with van der Waals surface area (Å²) in [7, 11) is 0. The molecule has 148 valence electrons. The number of hydrogen-bond donors (Lipinski definition) is 2. The Kier molecular flexibility index (Phi) is 6.82. The summed E-state index contributed by atoms with van der Waals surface area (Å²) < 4.78 is 0. The van der Waals surface area contributed by atoms with Crippen LogP contribution in [0.1, 0.15) is 31.9 Å². The van der Waals surface area contributed by atoms with Gasteiger partial charge in [-0.05, 0) is 51.0 Å². The van der Waals surface area contributed by atoms with E-state index in [0.29, 0.717) is 0 Å². The number of fused-ring (bicyclic) bond motifs is 1. The van der Waals surface area contributed by atoms with Gasteiger partial charge < -0.3 is 15.5 Å². The third-order valence-electron chi connectivity index (χ3n) is 4.90. The molecule has 0 amide bonds. The zero-order chi connectivity index (χ0) is 19.9. The summed E-state index contributed by atoms with van der Waals surface area (Å²) in [5.41, 5.74) is 8.01. The number of rotatable bonds is 6. The number of nitrogens with one attached hydrogen (secondary N) is 2. The standard InChI is InChI=1S/C23H31N5/c1-5-20(22(7-6-17(2)3)28-12-10-24-11-13-28)27-16-19-14-18(4)23-21(15-19)25-8-9-26-23/h5-9,14-15,24,27H,10-13,16H2,1-4H3/b20-5+,22-7+. The average molecular weight is 378 g/mol. The lowest BCUT2D eigenvalue weighted by molar-refractivity contribution is 0.301. The van der Waals surface area contributed by atoms with E-state index in [0.717, 1.165) is 55.0 Å². The highest BCUT2D eigenvalue weighted by molar-refractivity contribution is 5.78. The predicted molar refractivity (Wildman–Crippen MR) is 117 cm³/mol. The minimum Gasteiger partial charge on any atom is -0.380 e. The molecule has 0 unspecified atom stereocenters. The van der Waals surface area contributed by atoms with Crippen LogP contribution in [0, 0.1) is 6.92 Å². The Hall–Kier alpha value is -2.66. The van der Waals surface area contributed by atoms with Crippen LogP contribution in [0.4, 0.5) is 0 Å². The summed E-state index contributed by atoms with van der Waals surface area (Å²) >= 11 is 0. The number of nitrogens with zero attached hydrogens (tertiary/aromatic N) is 3. The fourth-order valence-corrected chi connectivity index (χ4v) is 3.48. The molecule has 2 heterocycles. The molecule has 1 aromatic carbocycles. The number of hydrogen-bond acceptors (Lipinski definition) is 5. The van der Waals surface area contributed by atoms with Crippen molar-refractivity contribution in [1.82, 2.24) is 25.5 Å². The van der Waals surface area contributed by atoms with Gasteiger partial charge in [0.25, 0.3) is 0 Å². The van der Waals surface area contributed by atoms with Gasteiger partial charge in [-0.15, -0.1) is 0 Å². The fraction of sp³-hybridized carbons (Fsp3) is 0.391. The molecule has 1 fully saturated rings. The molecule has 5 nitrogen and oxygen atoms in total. The van der Waals surface area contributed by atoms with Crippen LogP contribution in [0.25, 0.3) is 11.0 Å². The first kappa shape index (κ1) is 20.1. The monoisotopic (exact) mass is 377 g/mol. The molecule has 0 spiro atoms. The molecule has 2 aromatic rings. The SMILES string of the molecule is C/C=C(NCc1cc(C)c2nccnc2c1)\C(=C/C=C(C)C)N1CCNCC1. The lowest BCUT2D eigenvalue weighted by atomic mass is 10.1. The van der Waals surface area contributed by atoms with E-state index in [-0.39, 0.29) is 0 Å². The third-order valence-corrected chi connectivity index (χ3v) is 4.90. The van der Waals surface area contributed by atoms with Gasteiger partial charge >= 0.3 is 0 Å². The molecule has 1 aliphatic heterocycles. The first-order valence-corrected chi connectivity index (χ1v) is 10.00. The van der Waals surface area contributed by atoms with Crippen molar-refractivity contribution in [3.8, 4) is 0 Å². The van der Waals surface area contributed by atoms with E-state index in [2.05, 4.69) is 83.6 Å². The van der Waals surface area contributed by atoms with Crippen LogP contribution in [0.2, 0.25) is 0 Å². The number of aromatic nitrogens is 2. The maximum Gasteiger partial charge on any atom is 0.0916 e. The number of aryl methyl sites for hydroxylation is 1. The Balaban J connectivity index is 1.81. The second-order valence-corrected chi connectivity index (χ2v) is 7.43. The second-order valence-electron chi connectivity index (χ2n) is 7.43. The van der Waals surface area contributed by atoms with E-state index in [1.54, 1.807) is 12.4 Å². The van der Waals surface area contributed by atoms with Crippen LogP contribution in [0.5, 0.6) is 0 Å². The van der Waals surface area contributed by atoms with E-state index in [1.807, 2.05) is 0 Å². The summed E-state index contributed by atoms with van der Waals surface area (Å²) in [4.78, 5) is 11.4. The highest BCUT2D eigenvalue weighted by atomic mass is 15.2. The van der Waals surface area contributed by atoms with Crippen molar-refractivity contribution >= 4 is 11.0 Å².